The van der Waals surface area contributed by atoms with Crippen molar-refractivity contribution in [1.82, 2.24) is 9.97 Å². The summed E-state index contributed by atoms with van der Waals surface area (Å²) in [6, 6.07) is 8.49. The number of aromatic nitrogens is 2. The molecule has 1 aromatic heterocycles. The van der Waals surface area contributed by atoms with E-state index >= 15 is 0 Å². The molecule has 5 heteroatoms. The minimum Gasteiger partial charge on any atom is -0.372 e. The van der Waals surface area contributed by atoms with Crippen LogP contribution in [0.25, 0.3) is 0 Å². The monoisotopic (exact) mass is 325 g/mol. The van der Waals surface area contributed by atoms with E-state index in [0.717, 1.165) is 37.7 Å². The lowest BCUT2D eigenvalue weighted by atomic mass is 10.1. The Kier molecular flexibility index (Phi) is 5.18. The number of aryl methyl sites for hydroxylation is 1. The van der Waals surface area contributed by atoms with Crippen LogP contribution in [0.15, 0.2) is 30.5 Å². The Bertz CT molecular complexity index is 675. The summed E-state index contributed by atoms with van der Waals surface area (Å²) < 4.78 is 0. The minimum absolute atomic E-state index is 0.665. The van der Waals surface area contributed by atoms with Crippen molar-refractivity contribution >= 4 is 23.1 Å². The van der Waals surface area contributed by atoms with Gasteiger partial charge in [0.1, 0.15) is 5.82 Å². The number of nitrogens with zero attached hydrogens (tertiary/aromatic N) is 4. The lowest BCUT2D eigenvalue weighted by molar-refractivity contribution is 0.865. The fourth-order valence-corrected chi connectivity index (χ4v) is 3.23. The van der Waals surface area contributed by atoms with Crippen LogP contribution in [0.3, 0.4) is 0 Å². The normalized spacial score (nSPS) is 14.0. The van der Waals surface area contributed by atoms with Crippen molar-refractivity contribution in [2.24, 2.45) is 0 Å². The quantitative estimate of drug-likeness (QED) is 0.870. The predicted molar refractivity (Wildman–Crippen MR) is 102 cm³/mol. The van der Waals surface area contributed by atoms with Crippen LogP contribution < -0.4 is 15.1 Å². The van der Waals surface area contributed by atoms with Crippen LogP contribution in [0.4, 0.5) is 23.1 Å². The largest absolute Gasteiger partial charge is 0.372 e. The summed E-state index contributed by atoms with van der Waals surface area (Å²) in [5, 5.41) is 3.37. The third kappa shape index (κ3) is 3.61. The van der Waals surface area contributed by atoms with E-state index in [9.17, 15) is 0 Å². The molecule has 1 aliphatic heterocycles. The van der Waals surface area contributed by atoms with Gasteiger partial charge in [-0.3, -0.25) is 0 Å². The molecule has 3 rings (SSSR count). The second kappa shape index (κ2) is 7.51. The number of rotatable bonds is 6. The molecule has 0 atom stereocenters. The van der Waals surface area contributed by atoms with Crippen LogP contribution in [0.5, 0.6) is 0 Å². The summed E-state index contributed by atoms with van der Waals surface area (Å²) in [7, 11) is 0. The van der Waals surface area contributed by atoms with Gasteiger partial charge in [-0.2, -0.15) is 4.98 Å². The summed E-state index contributed by atoms with van der Waals surface area (Å²) in [4.78, 5) is 13.7. The summed E-state index contributed by atoms with van der Waals surface area (Å²) in [5.41, 5.74) is 3.52. The van der Waals surface area contributed by atoms with Gasteiger partial charge >= 0.3 is 0 Å². The van der Waals surface area contributed by atoms with Gasteiger partial charge in [0.15, 0.2) is 0 Å². The second-order valence-corrected chi connectivity index (χ2v) is 6.23. The van der Waals surface area contributed by atoms with Gasteiger partial charge in [-0.15, -0.1) is 0 Å². The molecule has 0 amide bonds. The molecule has 128 valence electrons. The maximum atomic E-state index is 4.67. The lowest BCUT2D eigenvalue weighted by Crippen LogP contribution is -2.21. The smallest absolute Gasteiger partial charge is 0.229 e. The van der Waals surface area contributed by atoms with E-state index in [1.807, 2.05) is 12.3 Å². The number of hydrogen-bond acceptors (Lipinski definition) is 5. The highest BCUT2D eigenvalue weighted by atomic mass is 15.2. The summed E-state index contributed by atoms with van der Waals surface area (Å²) in [5.74, 6) is 1.68. The SMILES string of the molecule is CCN(CC)c1ccc(Nc2nccc(N3CCCC3)n2)c(C)c1. The Morgan fingerprint density at radius 3 is 2.54 bits per heavy atom. The summed E-state index contributed by atoms with van der Waals surface area (Å²) >= 11 is 0. The van der Waals surface area contributed by atoms with Gasteiger partial charge in [-0.05, 0) is 63.4 Å². The molecule has 1 saturated heterocycles. The zero-order chi connectivity index (χ0) is 16.9. The predicted octanol–water partition coefficient (Wildman–Crippen LogP) is 3.98. The van der Waals surface area contributed by atoms with Crippen molar-refractivity contribution < 1.29 is 0 Å². The van der Waals surface area contributed by atoms with E-state index in [0.29, 0.717) is 5.95 Å². The first-order valence-corrected chi connectivity index (χ1v) is 8.92. The van der Waals surface area contributed by atoms with Gasteiger partial charge in [0, 0.05) is 43.8 Å². The lowest BCUT2D eigenvalue weighted by Gasteiger charge is -2.22. The van der Waals surface area contributed by atoms with Crippen molar-refractivity contribution in [2.75, 3.05) is 41.3 Å². The molecule has 0 bridgehead atoms. The number of nitrogens with one attached hydrogen (secondary N) is 1. The molecule has 1 fully saturated rings. The molecule has 1 N–H and O–H groups in total. The zero-order valence-electron chi connectivity index (χ0n) is 14.9. The van der Waals surface area contributed by atoms with Crippen LogP contribution in [0, 0.1) is 6.92 Å². The first kappa shape index (κ1) is 16.6. The molecule has 0 radical (unpaired) electrons. The number of anilines is 4. The third-order valence-corrected chi connectivity index (χ3v) is 4.66. The van der Waals surface area contributed by atoms with E-state index in [1.165, 1.54) is 24.1 Å². The van der Waals surface area contributed by atoms with Gasteiger partial charge in [0.05, 0.1) is 0 Å². The van der Waals surface area contributed by atoms with E-state index in [-0.39, 0.29) is 0 Å². The van der Waals surface area contributed by atoms with Crippen LogP contribution in [-0.2, 0) is 0 Å². The number of hydrogen-bond donors (Lipinski definition) is 1. The highest BCUT2D eigenvalue weighted by Crippen LogP contribution is 2.25. The maximum absolute atomic E-state index is 4.67. The van der Waals surface area contributed by atoms with E-state index < -0.39 is 0 Å². The molecular formula is C19H27N5. The highest BCUT2D eigenvalue weighted by molar-refractivity contribution is 5.64. The summed E-state index contributed by atoms with van der Waals surface area (Å²) in [6.45, 7) is 10.7. The summed E-state index contributed by atoms with van der Waals surface area (Å²) in [6.07, 6.45) is 4.33. The average molecular weight is 325 g/mol. The Morgan fingerprint density at radius 2 is 1.88 bits per heavy atom. The highest BCUT2D eigenvalue weighted by Gasteiger charge is 2.14. The van der Waals surface area contributed by atoms with Gasteiger partial charge in [0.25, 0.3) is 0 Å². The number of benzene rings is 1. The van der Waals surface area contributed by atoms with Gasteiger partial charge < -0.3 is 15.1 Å². The Balaban J connectivity index is 1.77. The van der Waals surface area contributed by atoms with Crippen molar-refractivity contribution in [2.45, 2.75) is 33.6 Å². The molecule has 0 saturated carbocycles. The fourth-order valence-electron chi connectivity index (χ4n) is 3.23. The molecular weight excluding hydrogens is 298 g/mol. The second-order valence-electron chi connectivity index (χ2n) is 6.23. The van der Waals surface area contributed by atoms with Crippen molar-refractivity contribution in [1.29, 1.82) is 0 Å². The third-order valence-electron chi connectivity index (χ3n) is 4.66. The van der Waals surface area contributed by atoms with Gasteiger partial charge in [0.2, 0.25) is 5.95 Å². The average Bonchev–Trinajstić information content (AvgIpc) is 3.13. The first-order valence-electron chi connectivity index (χ1n) is 8.92. The molecule has 5 nitrogen and oxygen atoms in total. The Morgan fingerprint density at radius 1 is 1.12 bits per heavy atom. The molecule has 0 unspecified atom stereocenters. The Hall–Kier alpha value is -2.30. The van der Waals surface area contributed by atoms with Gasteiger partial charge in [-0.1, -0.05) is 0 Å². The fraction of sp³-hybridized carbons (Fsp3) is 0.474. The van der Waals surface area contributed by atoms with Crippen LogP contribution >= 0.6 is 0 Å². The zero-order valence-corrected chi connectivity index (χ0v) is 14.9. The molecule has 2 aromatic rings. The molecule has 24 heavy (non-hydrogen) atoms. The molecule has 1 aliphatic rings. The maximum Gasteiger partial charge on any atom is 0.229 e. The first-order chi connectivity index (χ1) is 11.7. The molecule has 1 aromatic carbocycles. The molecule has 2 heterocycles. The van der Waals surface area contributed by atoms with Gasteiger partial charge in [-0.25, -0.2) is 4.98 Å². The van der Waals surface area contributed by atoms with E-state index in [4.69, 9.17) is 0 Å². The Labute approximate surface area is 144 Å². The van der Waals surface area contributed by atoms with Crippen molar-refractivity contribution in [3.8, 4) is 0 Å². The van der Waals surface area contributed by atoms with Crippen LogP contribution in [0.1, 0.15) is 32.3 Å². The standard InChI is InChI=1S/C19H27N5/c1-4-23(5-2)16-8-9-17(15(3)14-16)21-19-20-11-10-18(22-19)24-12-6-7-13-24/h8-11,14H,4-7,12-13H2,1-3H3,(H,20,21,22). The van der Waals surface area contributed by atoms with Crippen LogP contribution in [0.2, 0.25) is 0 Å². The molecule has 0 aliphatic carbocycles. The van der Waals surface area contributed by atoms with Crippen molar-refractivity contribution in [3.05, 3.63) is 36.0 Å². The van der Waals surface area contributed by atoms with E-state index in [2.05, 4.69) is 64.1 Å². The topological polar surface area (TPSA) is 44.3 Å². The molecule has 0 spiro atoms. The van der Waals surface area contributed by atoms with Crippen molar-refractivity contribution in [3.63, 3.8) is 0 Å². The van der Waals surface area contributed by atoms with Crippen LogP contribution in [-0.4, -0.2) is 36.1 Å². The minimum atomic E-state index is 0.665. The van der Waals surface area contributed by atoms with E-state index in [1.54, 1.807) is 0 Å².